The largest absolute Gasteiger partial charge is 0.466 e. The molecule has 0 radical (unpaired) electrons. The first-order chi connectivity index (χ1) is 14.1. The highest BCUT2D eigenvalue weighted by Gasteiger charge is 2.35. The highest BCUT2D eigenvalue weighted by atomic mass is 16.5. The smallest absolute Gasteiger partial charge is 0.308 e. The van der Waals surface area contributed by atoms with Crippen LogP contribution >= 0.6 is 0 Å². The first-order valence-corrected chi connectivity index (χ1v) is 10.00. The van der Waals surface area contributed by atoms with Gasteiger partial charge < -0.3 is 15.0 Å². The molecule has 1 N–H and O–H groups in total. The summed E-state index contributed by atoms with van der Waals surface area (Å²) in [4.78, 5) is 38.9. The molecule has 1 fully saturated rings. The third-order valence-corrected chi connectivity index (χ3v) is 4.95. The fourth-order valence-corrected chi connectivity index (χ4v) is 3.31. The van der Waals surface area contributed by atoms with Gasteiger partial charge in [0.25, 0.3) is 5.91 Å². The van der Waals surface area contributed by atoms with E-state index < -0.39 is 12.0 Å². The van der Waals surface area contributed by atoms with Gasteiger partial charge >= 0.3 is 5.97 Å². The van der Waals surface area contributed by atoms with Crippen LogP contribution in [0.4, 0.5) is 0 Å². The highest BCUT2D eigenvalue weighted by molar-refractivity contribution is 5.99. The molecule has 2 aromatic rings. The number of hydrogen-bond acceptors (Lipinski definition) is 4. The number of piperazine rings is 1. The Labute approximate surface area is 170 Å². The number of carbonyl (C=O) groups excluding carboxylic acids is 3. The number of unbranched alkanes of at least 4 members (excludes halogenated alkanes) is 1. The van der Waals surface area contributed by atoms with Gasteiger partial charge in [0.2, 0.25) is 5.91 Å². The molecular formula is C23H26N2O4. The van der Waals surface area contributed by atoms with Crippen molar-refractivity contribution < 1.29 is 19.1 Å². The SMILES string of the molecule is CCCCOC(=O)C[C@@H]1C(=O)NCCN1C(=O)c1ccc(-c2ccccc2)cc1. The van der Waals surface area contributed by atoms with Crippen molar-refractivity contribution in [3.05, 3.63) is 60.2 Å². The van der Waals surface area contributed by atoms with Gasteiger partial charge in [0.1, 0.15) is 6.04 Å². The third kappa shape index (κ3) is 5.22. The Kier molecular flexibility index (Phi) is 7.00. The fraction of sp³-hybridized carbons (Fsp3) is 0.348. The summed E-state index contributed by atoms with van der Waals surface area (Å²) in [6.45, 7) is 3.07. The van der Waals surface area contributed by atoms with E-state index in [1.807, 2.05) is 49.4 Å². The van der Waals surface area contributed by atoms with E-state index in [1.165, 1.54) is 4.90 Å². The molecule has 6 nitrogen and oxygen atoms in total. The lowest BCUT2D eigenvalue weighted by atomic mass is 10.0. The van der Waals surface area contributed by atoms with Crippen LogP contribution in [0.3, 0.4) is 0 Å². The van der Waals surface area contributed by atoms with Crippen molar-refractivity contribution in [2.24, 2.45) is 0 Å². The molecule has 2 aromatic carbocycles. The summed E-state index contributed by atoms with van der Waals surface area (Å²) in [6.07, 6.45) is 1.56. The predicted molar refractivity (Wildman–Crippen MR) is 110 cm³/mol. The maximum absolute atomic E-state index is 13.0. The van der Waals surface area contributed by atoms with Crippen LogP contribution in [0.5, 0.6) is 0 Å². The van der Waals surface area contributed by atoms with Gasteiger partial charge in [0, 0.05) is 18.7 Å². The van der Waals surface area contributed by atoms with E-state index >= 15 is 0 Å². The molecule has 0 aliphatic carbocycles. The van der Waals surface area contributed by atoms with Crippen molar-refractivity contribution in [3.8, 4) is 11.1 Å². The number of amides is 2. The summed E-state index contributed by atoms with van der Waals surface area (Å²) in [7, 11) is 0. The molecule has 3 rings (SSSR count). The van der Waals surface area contributed by atoms with E-state index in [-0.39, 0.29) is 18.2 Å². The van der Waals surface area contributed by atoms with Crippen molar-refractivity contribution >= 4 is 17.8 Å². The molecule has 0 unspecified atom stereocenters. The maximum Gasteiger partial charge on any atom is 0.308 e. The van der Waals surface area contributed by atoms with E-state index in [1.54, 1.807) is 12.1 Å². The average molecular weight is 394 g/mol. The second-order valence-electron chi connectivity index (χ2n) is 7.03. The summed E-state index contributed by atoms with van der Waals surface area (Å²) < 4.78 is 5.18. The summed E-state index contributed by atoms with van der Waals surface area (Å²) in [5.74, 6) is -1.04. The molecule has 1 atom stereocenters. The summed E-state index contributed by atoms with van der Waals surface area (Å²) in [6, 6.07) is 16.3. The molecule has 152 valence electrons. The Bertz CT molecular complexity index is 849. The molecule has 6 heteroatoms. The van der Waals surface area contributed by atoms with E-state index in [4.69, 9.17) is 4.74 Å². The Morgan fingerprint density at radius 1 is 1.07 bits per heavy atom. The molecule has 0 saturated carbocycles. The molecule has 1 aliphatic heterocycles. The zero-order chi connectivity index (χ0) is 20.6. The lowest BCUT2D eigenvalue weighted by Gasteiger charge is -2.34. The Hall–Kier alpha value is -3.15. The van der Waals surface area contributed by atoms with Crippen LogP contribution in [0.1, 0.15) is 36.5 Å². The van der Waals surface area contributed by atoms with Gasteiger partial charge in [0.05, 0.1) is 13.0 Å². The van der Waals surface area contributed by atoms with Crippen LogP contribution < -0.4 is 5.32 Å². The van der Waals surface area contributed by atoms with Crippen LogP contribution in [-0.4, -0.2) is 48.4 Å². The maximum atomic E-state index is 13.0. The van der Waals surface area contributed by atoms with Gasteiger partial charge in [-0.1, -0.05) is 55.8 Å². The zero-order valence-corrected chi connectivity index (χ0v) is 16.6. The average Bonchev–Trinajstić information content (AvgIpc) is 2.75. The second-order valence-corrected chi connectivity index (χ2v) is 7.03. The first kappa shape index (κ1) is 20.6. The fourth-order valence-electron chi connectivity index (χ4n) is 3.31. The number of nitrogens with one attached hydrogen (secondary N) is 1. The van der Waals surface area contributed by atoms with E-state index in [2.05, 4.69) is 5.32 Å². The number of ether oxygens (including phenoxy) is 1. The quantitative estimate of drug-likeness (QED) is 0.579. The summed E-state index contributed by atoms with van der Waals surface area (Å²) in [5, 5.41) is 2.73. The topological polar surface area (TPSA) is 75.7 Å². The molecule has 0 bridgehead atoms. The summed E-state index contributed by atoms with van der Waals surface area (Å²) >= 11 is 0. The van der Waals surface area contributed by atoms with Gasteiger partial charge in [-0.2, -0.15) is 0 Å². The van der Waals surface area contributed by atoms with E-state index in [0.717, 1.165) is 24.0 Å². The minimum Gasteiger partial charge on any atom is -0.466 e. The monoisotopic (exact) mass is 394 g/mol. The number of nitrogens with zero attached hydrogens (tertiary/aromatic N) is 1. The Morgan fingerprint density at radius 3 is 2.45 bits per heavy atom. The van der Waals surface area contributed by atoms with Crippen molar-refractivity contribution in [3.63, 3.8) is 0 Å². The number of carbonyl (C=O) groups is 3. The lowest BCUT2D eigenvalue weighted by molar-refractivity contribution is -0.147. The minimum absolute atomic E-state index is 0.136. The first-order valence-electron chi connectivity index (χ1n) is 10.00. The predicted octanol–water partition coefficient (Wildman–Crippen LogP) is 3.03. The van der Waals surface area contributed by atoms with Crippen molar-refractivity contribution in [2.45, 2.75) is 32.2 Å². The zero-order valence-electron chi connectivity index (χ0n) is 16.6. The van der Waals surface area contributed by atoms with Gasteiger partial charge in [-0.25, -0.2) is 0 Å². The van der Waals surface area contributed by atoms with Crippen LogP contribution in [0.25, 0.3) is 11.1 Å². The minimum atomic E-state index is -0.848. The Balaban J connectivity index is 1.71. The second kappa shape index (κ2) is 9.87. The molecule has 2 amide bonds. The van der Waals surface area contributed by atoms with Gasteiger partial charge in [-0.3, -0.25) is 14.4 Å². The van der Waals surface area contributed by atoms with Gasteiger partial charge in [0.15, 0.2) is 0 Å². The van der Waals surface area contributed by atoms with Crippen molar-refractivity contribution in [1.29, 1.82) is 0 Å². The summed E-state index contributed by atoms with van der Waals surface area (Å²) in [5.41, 5.74) is 2.56. The van der Waals surface area contributed by atoms with Crippen molar-refractivity contribution in [1.82, 2.24) is 10.2 Å². The molecular weight excluding hydrogens is 368 g/mol. The number of hydrogen-bond donors (Lipinski definition) is 1. The standard InChI is InChI=1S/C23H26N2O4/c1-2-3-15-29-21(26)16-20-22(27)24-13-14-25(20)23(28)19-11-9-18(10-12-19)17-7-5-4-6-8-17/h4-12,20H,2-3,13-16H2,1H3,(H,24,27)/t20-/m1/s1. The molecule has 1 aliphatic rings. The number of rotatable bonds is 7. The molecule has 0 aromatic heterocycles. The number of benzene rings is 2. The Morgan fingerprint density at radius 2 is 1.76 bits per heavy atom. The van der Waals surface area contributed by atoms with Crippen LogP contribution in [-0.2, 0) is 14.3 Å². The molecule has 29 heavy (non-hydrogen) atoms. The van der Waals surface area contributed by atoms with Gasteiger partial charge in [-0.15, -0.1) is 0 Å². The lowest BCUT2D eigenvalue weighted by Crippen LogP contribution is -2.57. The normalized spacial score (nSPS) is 16.2. The van der Waals surface area contributed by atoms with Crippen LogP contribution in [0, 0.1) is 0 Å². The van der Waals surface area contributed by atoms with Crippen LogP contribution in [0.2, 0.25) is 0 Å². The highest BCUT2D eigenvalue weighted by Crippen LogP contribution is 2.21. The van der Waals surface area contributed by atoms with E-state index in [9.17, 15) is 14.4 Å². The molecule has 1 heterocycles. The van der Waals surface area contributed by atoms with Crippen molar-refractivity contribution in [2.75, 3.05) is 19.7 Å². The van der Waals surface area contributed by atoms with Gasteiger partial charge in [-0.05, 0) is 29.7 Å². The number of esters is 1. The molecule has 1 saturated heterocycles. The molecule has 0 spiro atoms. The van der Waals surface area contributed by atoms with E-state index in [0.29, 0.717) is 25.3 Å². The van der Waals surface area contributed by atoms with Crippen LogP contribution in [0.15, 0.2) is 54.6 Å². The third-order valence-electron chi connectivity index (χ3n) is 4.95.